The molecule has 0 aliphatic heterocycles. The Hall–Kier alpha value is -4.45. The number of imidazole rings is 1. The number of fused-ring (bicyclic) bond motifs is 1. The van der Waals surface area contributed by atoms with E-state index in [4.69, 9.17) is 4.74 Å². The van der Waals surface area contributed by atoms with E-state index in [1.807, 2.05) is 0 Å². The molecule has 0 spiro atoms. The molecule has 0 amide bonds. The van der Waals surface area contributed by atoms with Crippen molar-refractivity contribution in [3.05, 3.63) is 119 Å². The number of benzene rings is 2. The Kier molecular flexibility index (Phi) is 6.98. The molecule has 1 unspecified atom stereocenters. The van der Waals surface area contributed by atoms with Crippen molar-refractivity contribution in [3.63, 3.8) is 0 Å². The predicted molar refractivity (Wildman–Crippen MR) is 137 cm³/mol. The first kappa shape index (κ1) is 28.1. The van der Waals surface area contributed by atoms with Gasteiger partial charge >= 0.3 is 12.4 Å². The molecule has 0 saturated heterocycles. The Bertz CT molecular complexity index is 1700. The summed E-state index contributed by atoms with van der Waals surface area (Å²) in [5.74, 6) is -0.0917. The molecule has 0 fully saturated rings. The number of aryl methyl sites for hydroxylation is 1. The highest BCUT2D eigenvalue weighted by molar-refractivity contribution is 5.88. The SMILES string of the molecule is COc1c(Cc2ccccc2)c(C(F)(F)F)nc2ccc(C(O)(c3ccc(C(F)(F)F)nc3)c3cncn3C)cc12. The Morgan fingerprint density at radius 3 is 2.15 bits per heavy atom. The molecule has 6 nitrogen and oxygen atoms in total. The Labute approximate surface area is 229 Å². The summed E-state index contributed by atoms with van der Waals surface area (Å²) in [6.45, 7) is 0. The maximum Gasteiger partial charge on any atom is 0.433 e. The van der Waals surface area contributed by atoms with Crippen LogP contribution < -0.4 is 4.74 Å². The van der Waals surface area contributed by atoms with Crippen LogP contribution in [-0.4, -0.2) is 31.7 Å². The van der Waals surface area contributed by atoms with Crippen molar-refractivity contribution in [2.75, 3.05) is 7.11 Å². The molecule has 41 heavy (non-hydrogen) atoms. The molecular formula is C29H22F6N4O2. The van der Waals surface area contributed by atoms with Gasteiger partial charge in [-0.2, -0.15) is 26.3 Å². The first-order chi connectivity index (χ1) is 19.3. The summed E-state index contributed by atoms with van der Waals surface area (Å²) in [7, 11) is 2.82. The van der Waals surface area contributed by atoms with Gasteiger partial charge < -0.3 is 14.4 Å². The lowest BCUT2D eigenvalue weighted by Gasteiger charge is -2.30. The van der Waals surface area contributed by atoms with Gasteiger partial charge in [0.2, 0.25) is 0 Å². The lowest BCUT2D eigenvalue weighted by molar-refractivity contribution is -0.142. The van der Waals surface area contributed by atoms with Gasteiger partial charge in [-0.3, -0.25) is 4.98 Å². The fourth-order valence-electron chi connectivity index (χ4n) is 4.87. The zero-order chi connectivity index (χ0) is 29.6. The monoisotopic (exact) mass is 572 g/mol. The third-order valence-corrected chi connectivity index (χ3v) is 6.81. The highest BCUT2D eigenvalue weighted by Gasteiger charge is 2.41. The van der Waals surface area contributed by atoms with E-state index >= 15 is 0 Å². The second kappa shape index (κ2) is 10.2. The highest BCUT2D eigenvalue weighted by Crippen LogP contribution is 2.43. The van der Waals surface area contributed by atoms with E-state index in [2.05, 4.69) is 15.0 Å². The fourth-order valence-corrected chi connectivity index (χ4v) is 4.87. The maximum atomic E-state index is 14.2. The van der Waals surface area contributed by atoms with E-state index in [-0.39, 0.29) is 45.5 Å². The van der Waals surface area contributed by atoms with E-state index < -0.39 is 29.3 Å². The van der Waals surface area contributed by atoms with Crippen LogP contribution in [0, 0.1) is 0 Å². The minimum atomic E-state index is -4.79. The van der Waals surface area contributed by atoms with Crippen LogP contribution >= 0.6 is 0 Å². The van der Waals surface area contributed by atoms with E-state index in [1.54, 1.807) is 37.4 Å². The summed E-state index contributed by atoms with van der Waals surface area (Å²) in [6, 6.07) is 14.4. The summed E-state index contributed by atoms with van der Waals surface area (Å²) in [6.07, 6.45) is -5.98. The number of aromatic nitrogens is 4. The normalized spacial score (nSPS) is 13.8. The van der Waals surface area contributed by atoms with Gasteiger partial charge in [0, 0.05) is 36.2 Å². The molecule has 0 saturated carbocycles. The van der Waals surface area contributed by atoms with Crippen molar-refractivity contribution >= 4 is 10.9 Å². The number of ether oxygens (including phenoxy) is 1. The standard InChI is InChI=1S/C29H22F6N4O2/c1-39-16-36-15-24(39)27(40,19-9-11-23(37-14-19)28(30,31)32)18-8-10-22-20(13-18)25(41-2)21(26(38-22)29(33,34)35)12-17-6-4-3-5-7-17/h3-11,13-16,40H,12H2,1-2H3. The van der Waals surface area contributed by atoms with Crippen LogP contribution in [0.15, 0.2) is 79.4 Å². The van der Waals surface area contributed by atoms with Crippen LogP contribution in [-0.2, 0) is 31.4 Å². The molecule has 0 aliphatic carbocycles. The predicted octanol–water partition coefficient (Wildman–Crippen LogP) is 6.28. The summed E-state index contributed by atoms with van der Waals surface area (Å²) >= 11 is 0. The smallest absolute Gasteiger partial charge is 0.433 e. The molecule has 5 rings (SSSR count). The van der Waals surface area contributed by atoms with Gasteiger partial charge in [0.15, 0.2) is 11.3 Å². The molecule has 5 aromatic rings. The summed E-state index contributed by atoms with van der Waals surface area (Å²) in [5, 5.41) is 12.3. The van der Waals surface area contributed by atoms with Crippen molar-refractivity contribution in [2.45, 2.75) is 24.4 Å². The number of pyridine rings is 2. The number of rotatable bonds is 6. The molecule has 0 radical (unpaired) electrons. The number of methoxy groups -OCH3 is 1. The van der Waals surface area contributed by atoms with Gasteiger partial charge in [0.1, 0.15) is 11.4 Å². The van der Waals surface area contributed by atoms with Crippen LogP contribution in [0.5, 0.6) is 5.75 Å². The molecule has 0 bridgehead atoms. The second-order valence-corrected chi connectivity index (χ2v) is 9.39. The Balaban J connectivity index is 1.76. The van der Waals surface area contributed by atoms with Gasteiger partial charge in [-0.1, -0.05) is 42.5 Å². The molecule has 3 aromatic heterocycles. The Morgan fingerprint density at radius 1 is 0.878 bits per heavy atom. The minimum Gasteiger partial charge on any atom is -0.496 e. The molecule has 1 N–H and O–H groups in total. The number of hydrogen-bond donors (Lipinski definition) is 1. The highest BCUT2D eigenvalue weighted by atomic mass is 19.4. The average molecular weight is 573 g/mol. The second-order valence-electron chi connectivity index (χ2n) is 9.39. The summed E-state index contributed by atoms with van der Waals surface area (Å²) in [5.41, 5.74) is -3.71. The lowest BCUT2D eigenvalue weighted by atomic mass is 9.83. The number of aliphatic hydroxyl groups is 1. The summed E-state index contributed by atoms with van der Waals surface area (Å²) < 4.78 is 89.2. The van der Waals surface area contributed by atoms with Gasteiger partial charge in [-0.05, 0) is 29.3 Å². The first-order valence-corrected chi connectivity index (χ1v) is 12.2. The van der Waals surface area contributed by atoms with Crippen molar-refractivity contribution in [1.82, 2.24) is 19.5 Å². The van der Waals surface area contributed by atoms with Crippen molar-refractivity contribution < 1.29 is 36.2 Å². The molecular weight excluding hydrogens is 550 g/mol. The van der Waals surface area contributed by atoms with E-state index in [0.29, 0.717) is 5.56 Å². The van der Waals surface area contributed by atoms with Crippen LogP contribution in [0.25, 0.3) is 10.9 Å². The van der Waals surface area contributed by atoms with Gasteiger partial charge in [-0.25, -0.2) is 9.97 Å². The van der Waals surface area contributed by atoms with Crippen LogP contribution in [0.1, 0.15) is 39.3 Å². The van der Waals surface area contributed by atoms with E-state index in [0.717, 1.165) is 18.3 Å². The molecule has 2 aromatic carbocycles. The van der Waals surface area contributed by atoms with Gasteiger partial charge in [0.05, 0.1) is 30.8 Å². The van der Waals surface area contributed by atoms with E-state index in [9.17, 15) is 31.4 Å². The molecule has 12 heteroatoms. The minimum absolute atomic E-state index is 0.0169. The van der Waals surface area contributed by atoms with Crippen LogP contribution in [0.3, 0.4) is 0 Å². The third kappa shape index (κ3) is 5.10. The molecule has 3 heterocycles. The first-order valence-electron chi connectivity index (χ1n) is 12.2. The topological polar surface area (TPSA) is 73.1 Å². The molecule has 0 aliphatic rings. The van der Waals surface area contributed by atoms with Crippen LogP contribution in [0.4, 0.5) is 26.3 Å². The lowest BCUT2D eigenvalue weighted by Crippen LogP contribution is -2.31. The average Bonchev–Trinajstić information content (AvgIpc) is 3.37. The number of halogens is 6. The fraction of sp³-hybridized carbons (Fsp3) is 0.207. The molecule has 212 valence electrons. The zero-order valence-corrected chi connectivity index (χ0v) is 21.6. The number of alkyl halides is 6. The largest absolute Gasteiger partial charge is 0.496 e. The zero-order valence-electron chi connectivity index (χ0n) is 21.6. The van der Waals surface area contributed by atoms with Crippen LogP contribution in [0.2, 0.25) is 0 Å². The third-order valence-electron chi connectivity index (χ3n) is 6.81. The molecule has 1 atom stereocenters. The van der Waals surface area contributed by atoms with Crippen molar-refractivity contribution in [1.29, 1.82) is 0 Å². The van der Waals surface area contributed by atoms with Crippen molar-refractivity contribution in [3.8, 4) is 5.75 Å². The Morgan fingerprint density at radius 2 is 1.59 bits per heavy atom. The van der Waals surface area contributed by atoms with Crippen molar-refractivity contribution in [2.24, 2.45) is 7.05 Å². The summed E-state index contributed by atoms with van der Waals surface area (Å²) in [4.78, 5) is 11.5. The number of hydrogen-bond acceptors (Lipinski definition) is 5. The number of nitrogens with zero attached hydrogens (tertiary/aromatic N) is 4. The van der Waals surface area contributed by atoms with Gasteiger partial charge in [-0.15, -0.1) is 0 Å². The maximum absolute atomic E-state index is 14.2. The van der Waals surface area contributed by atoms with Gasteiger partial charge in [0.25, 0.3) is 0 Å². The quantitative estimate of drug-likeness (QED) is 0.243. The van der Waals surface area contributed by atoms with E-state index in [1.165, 1.54) is 42.4 Å².